The minimum Gasteiger partial charge on any atom is -0.307 e. The molecule has 0 bridgehead atoms. The van der Waals surface area contributed by atoms with E-state index in [2.05, 4.69) is 43.4 Å². The van der Waals surface area contributed by atoms with Gasteiger partial charge < -0.3 is 5.32 Å². The first-order valence-corrected chi connectivity index (χ1v) is 7.40. The Morgan fingerprint density at radius 3 is 2.90 bits per heavy atom. The molecular weight excluding hydrogens is 246 g/mol. The van der Waals surface area contributed by atoms with Crippen LogP contribution in [0.15, 0.2) is 24.3 Å². The van der Waals surface area contributed by atoms with E-state index in [1.165, 1.54) is 28.1 Å². The zero-order valence-corrected chi connectivity index (χ0v) is 12.2. The second-order valence-electron chi connectivity index (χ2n) is 5.53. The lowest BCUT2D eigenvalue weighted by Crippen LogP contribution is -2.06. The van der Waals surface area contributed by atoms with E-state index in [1.54, 1.807) is 0 Å². The van der Waals surface area contributed by atoms with Crippen LogP contribution < -0.4 is 5.32 Å². The van der Waals surface area contributed by atoms with Crippen LogP contribution in [0.5, 0.6) is 0 Å². The molecule has 1 aromatic carbocycles. The number of nitrogens with one attached hydrogen (secondary N) is 1. The van der Waals surface area contributed by atoms with Crippen LogP contribution in [0.25, 0.3) is 0 Å². The number of aromatic nitrogens is 2. The average molecular weight is 267 g/mol. The SMILES string of the molecule is CCCc1nc(Cc2cccc(C)c2)nc2c1CNC2. The molecule has 0 saturated heterocycles. The summed E-state index contributed by atoms with van der Waals surface area (Å²) >= 11 is 0. The second kappa shape index (κ2) is 5.71. The first-order chi connectivity index (χ1) is 9.76. The minimum absolute atomic E-state index is 0.825. The Labute approximate surface area is 120 Å². The third-order valence-corrected chi connectivity index (χ3v) is 3.75. The molecule has 2 aromatic rings. The van der Waals surface area contributed by atoms with E-state index >= 15 is 0 Å². The first kappa shape index (κ1) is 13.3. The molecule has 0 aliphatic carbocycles. The molecule has 1 aromatic heterocycles. The van der Waals surface area contributed by atoms with Gasteiger partial charge in [0.15, 0.2) is 0 Å². The summed E-state index contributed by atoms with van der Waals surface area (Å²) in [7, 11) is 0. The van der Waals surface area contributed by atoms with Gasteiger partial charge in [0, 0.05) is 30.8 Å². The zero-order chi connectivity index (χ0) is 13.9. The first-order valence-electron chi connectivity index (χ1n) is 7.40. The fourth-order valence-corrected chi connectivity index (χ4v) is 2.82. The zero-order valence-electron chi connectivity index (χ0n) is 12.2. The number of hydrogen-bond donors (Lipinski definition) is 1. The maximum atomic E-state index is 4.81. The Hall–Kier alpha value is -1.74. The summed E-state index contributed by atoms with van der Waals surface area (Å²) in [4.78, 5) is 9.56. The third kappa shape index (κ3) is 2.73. The molecule has 0 spiro atoms. The predicted molar refractivity (Wildman–Crippen MR) is 80.6 cm³/mol. The molecule has 1 aliphatic rings. The van der Waals surface area contributed by atoms with Crippen LogP contribution in [-0.4, -0.2) is 9.97 Å². The van der Waals surface area contributed by atoms with E-state index < -0.39 is 0 Å². The quantitative estimate of drug-likeness (QED) is 0.925. The van der Waals surface area contributed by atoms with E-state index in [0.717, 1.165) is 38.2 Å². The van der Waals surface area contributed by atoms with E-state index in [9.17, 15) is 0 Å². The van der Waals surface area contributed by atoms with Crippen molar-refractivity contribution in [3.63, 3.8) is 0 Å². The van der Waals surface area contributed by atoms with Crippen LogP contribution in [0.4, 0.5) is 0 Å². The molecule has 2 heterocycles. The van der Waals surface area contributed by atoms with Crippen molar-refractivity contribution in [1.82, 2.24) is 15.3 Å². The summed E-state index contributed by atoms with van der Waals surface area (Å²) in [5.41, 5.74) is 6.36. The molecule has 0 unspecified atom stereocenters. The Kier molecular flexibility index (Phi) is 3.79. The van der Waals surface area contributed by atoms with Crippen molar-refractivity contribution < 1.29 is 0 Å². The van der Waals surface area contributed by atoms with Crippen LogP contribution in [0.2, 0.25) is 0 Å². The largest absolute Gasteiger partial charge is 0.307 e. The van der Waals surface area contributed by atoms with Crippen molar-refractivity contribution in [1.29, 1.82) is 0 Å². The summed E-state index contributed by atoms with van der Waals surface area (Å²) in [6, 6.07) is 8.60. The molecule has 1 aliphatic heterocycles. The van der Waals surface area contributed by atoms with Gasteiger partial charge in [0.05, 0.1) is 5.69 Å². The lowest BCUT2D eigenvalue weighted by molar-refractivity contribution is 0.753. The summed E-state index contributed by atoms with van der Waals surface area (Å²) in [6.07, 6.45) is 3.01. The molecule has 1 N–H and O–H groups in total. The molecule has 0 saturated carbocycles. The molecule has 0 amide bonds. The van der Waals surface area contributed by atoms with Crippen molar-refractivity contribution >= 4 is 0 Å². The van der Waals surface area contributed by atoms with Crippen molar-refractivity contribution in [3.8, 4) is 0 Å². The smallest absolute Gasteiger partial charge is 0.133 e. The van der Waals surface area contributed by atoms with E-state index in [1.807, 2.05) is 0 Å². The average Bonchev–Trinajstić information content (AvgIpc) is 2.87. The molecule has 0 fully saturated rings. The summed E-state index contributed by atoms with van der Waals surface area (Å²) < 4.78 is 0. The summed E-state index contributed by atoms with van der Waals surface area (Å²) in [6.45, 7) is 6.14. The molecule has 3 rings (SSSR count). The fourth-order valence-electron chi connectivity index (χ4n) is 2.82. The monoisotopic (exact) mass is 267 g/mol. The van der Waals surface area contributed by atoms with Crippen molar-refractivity contribution in [2.75, 3.05) is 0 Å². The van der Waals surface area contributed by atoms with E-state index in [4.69, 9.17) is 9.97 Å². The molecule has 3 heteroatoms. The lowest BCUT2D eigenvalue weighted by Gasteiger charge is -2.09. The highest BCUT2D eigenvalue weighted by Gasteiger charge is 2.18. The van der Waals surface area contributed by atoms with Gasteiger partial charge >= 0.3 is 0 Å². The van der Waals surface area contributed by atoms with E-state index in [0.29, 0.717) is 0 Å². The number of hydrogen-bond acceptors (Lipinski definition) is 3. The summed E-state index contributed by atoms with van der Waals surface area (Å²) in [5, 5.41) is 3.38. The molecule has 0 atom stereocenters. The van der Waals surface area contributed by atoms with Crippen molar-refractivity contribution in [2.45, 2.75) is 46.2 Å². The van der Waals surface area contributed by atoms with Gasteiger partial charge in [-0.3, -0.25) is 0 Å². The minimum atomic E-state index is 0.825. The predicted octanol–water partition coefficient (Wildman–Crippen LogP) is 2.93. The highest BCUT2D eigenvalue weighted by molar-refractivity contribution is 5.31. The van der Waals surface area contributed by atoms with Gasteiger partial charge in [0.1, 0.15) is 5.82 Å². The third-order valence-electron chi connectivity index (χ3n) is 3.75. The maximum Gasteiger partial charge on any atom is 0.133 e. The highest BCUT2D eigenvalue weighted by Crippen LogP contribution is 2.19. The summed E-state index contributed by atoms with van der Waals surface area (Å²) in [5.74, 6) is 0.960. The van der Waals surface area contributed by atoms with Crippen LogP contribution in [-0.2, 0) is 25.9 Å². The number of aryl methyl sites for hydroxylation is 2. The van der Waals surface area contributed by atoms with Gasteiger partial charge in [-0.25, -0.2) is 9.97 Å². The van der Waals surface area contributed by atoms with Gasteiger partial charge in [-0.05, 0) is 18.9 Å². The Balaban J connectivity index is 1.92. The van der Waals surface area contributed by atoms with Crippen LogP contribution in [0.3, 0.4) is 0 Å². The van der Waals surface area contributed by atoms with Gasteiger partial charge in [0.2, 0.25) is 0 Å². The Morgan fingerprint density at radius 1 is 1.20 bits per heavy atom. The molecule has 3 nitrogen and oxygen atoms in total. The number of rotatable bonds is 4. The lowest BCUT2D eigenvalue weighted by atomic mass is 10.1. The Bertz CT molecular complexity index is 620. The topological polar surface area (TPSA) is 37.8 Å². The fraction of sp³-hybridized carbons (Fsp3) is 0.412. The second-order valence-corrected chi connectivity index (χ2v) is 5.53. The van der Waals surface area contributed by atoms with Gasteiger partial charge in [-0.1, -0.05) is 43.2 Å². The molecule has 104 valence electrons. The van der Waals surface area contributed by atoms with E-state index in [-0.39, 0.29) is 0 Å². The van der Waals surface area contributed by atoms with Gasteiger partial charge in [-0.2, -0.15) is 0 Å². The Morgan fingerprint density at radius 2 is 2.10 bits per heavy atom. The number of fused-ring (bicyclic) bond motifs is 1. The molecular formula is C17H21N3. The van der Waals surface area contributed by atoms with Crippen LogP contribution in [0.1, 0.15) is 47.2 Å². The van der Waals surface area contributed by atoms with Crippen LogP contribution in [0, 0.1) is 6.92 Å². The maximum absolute atomic E-state index is 4.81. The van der Waals surface area contributed by atoms with Gasteiger partial charge in [-0.15, -0.1) is 0 Å². The number of benzene rings is 1. The highest BCUT2D eigenvalue weighted by atomic mass is 15.0. The molecule has 20 heavy (non-hydrogen) atoms. The number of nitrogens with zero attached hydrogens (tertiary/aromatic N) is 2. The standard InChI is InChI=1S/C17H21N3/c1-3-5-15-14-10-18-11-16(14)20-17(19-15)9-13-7-4-6-12(2)8-13/h4,6-8,18H,3,5,9-11H2,1-2H3. The van der Waals surface area contributed by atoms with Crippen LogP contribution >= 0.6 is 0 Å². The normalized spacial score (nSPS) is 13.5. The van der Waals surface area contributed by atoms with Crippen molar-refractivity contribution in [3.05, 3.63) is 58.2 Å². The van der Waals surface area contributed by atoms with Crippen molar-refractivity contribution in [2.24, 2.45) is 0 Å². The van der Waals surface area contributed by atoms with Gasteiger partial charge in [0.25, 0.3) is 0 Å². The molecule has 0 radical (unpaired) electrons.